The summed E-state index contributed by atoms with van der Waals surface area (Å²) in [5.41, 5.74) is 6.32. The van der Waals surface area contributed by atoms with Crippen molar-refractivity contribution in [2.24, 2.45) is 4.99 Å². The van der Waals surface area contributed by atoms with Gasteiger partial charge in [-0.1, -0.05) is 36.4 Å². The van der Waals surface area contributed by atoms with E-state index in [4.69, 9.17) is 0 Å². The highest BCUT2D eigenvalue weighted by atomic mass is 14.7. The summed E-state index contributed by atoms with van der Waals surface area (Å²) in [6.45, 7) is 8.69. The number of nitrogens with zero attached hydrogens (tertiary/aromatic N) is 1. The highest BCUT2D eigenvalue weighted by molar-refractivity contribution is 6.04. The quantitative estimate of drug-likeness (QED) is 0.534. The van der Waals surface area contributed by atoms with E-state index in [1.165, 1.54) is 16.7 Å². The predicted octanol–water partition coefficient (Wildman–Crippen LogP) is 3.66. The minimum absolute atomic E-state index is 0.736. The van der Waals surface area contributed by atoms with Crippen LogP contribution in [0.5, 0.6) is 0 Å². The molecule has 0 N–H and O–H groups in total. The van der Waals surface area contributed by atoms with Gasteiger partial charge in [0.25, 0.3) is 0 Å². The number of hydrogen-bond donors (Lipinski definition) is 0. The Morgan fingerprint density at radius 1 is 1.31 bits per heavy atom. The fraction of sp³-hybridized carbons (Fsp3) is 0.267. The lowest BCUT2D eigenvalue weighted by atomic mass is 10.1. The van der Waals surface area contributed by atoms with E-state index in [0.717, 1.165) is 24.3 Å². The summed E-state index contributed by atoms with van der Waals surface area (Å²) in [5.74, 6) is 0. The average Bonchev–Trinajstić information content (AvgIpc) is 2.69. The Bertz CT molecular complexity index is 478. The predicted molar refractivity (Wildman–Crippen MR) is 70.9 cm³/mol. The van der Waals surface area contributed by atoms with Gasteiger partial charge in [0.2, 0.25) is 0 Å². The van der Waals surface area contributed by atoms with E-state index in [1.807, 2.05) is 6.92 Å². The van der Waals surface area contributed by atoms with E-state index in [2.05, 4.69) is 48.8 Å². The number of allylic oxidation sites excluding steroid dienone is 1. The van der Waals surface area contributed by atoms with Crippen molar-refractivity contribution in [3.63, 3.8) is 0 Å². The van der Waals surface area contributed by atoms with E-state index in [0.29, 0.717) is 0 Å². The fourth-order valence-corrected chi connectivity index (χ4v) is 1.87. The second kappa shape index (κ2) is 4.48. The first kappa shape index (κ1) is 10.9. The summed E-state index contributed by atoms with van der Waals surface area (Å²) >= 11 is 0. The van der Waals surface area contributed by atoms with Crippen LogP contribution >= 0.6 is 0 Å². The summed E-state index contributed by atoms with van der Waals surface area (Å²) < 4.78 is 0. The Balaban J connectivity index is 2.16. The topological polar surface area (TPSA) is 12.4 Å². The molecule has 0 bridgehead atoms. The first-order valence-electron chi connectivity index (χ1n) is 5.61. The van der Waals surface area contributed by atoms with Gasteiger partial charge in [-0.15, -0.1) is 0 Å². The maximum absolute atomic E-state index is 4.54. The van der Waals surface area contributed by atoms with Crippen LogP contribution in [-0.2, 0) is 6.42 Å². The number of fused-ring (bicyclic) bond motifs is 1. The van der Waals surface area contributed by atoms with Gasteiger partial charge >= 0.3 is 0 Å². The van der Waals surface area contributed by atoms with Crippen molar-refractivity contribution >= 4 is 11.8 Å². The number of benzene rings is 1. The number of aliphatic imine (C=N–C) groups is 1. The Morgan fingerprint density at radius 2 is 2.06 bits per heavy atom. The van der Waals surface area contributed by atoms with Crippen LogP contribution in [0, 0.1) is 0 Å². The maximum atomic E-state index is 4.54. The van der Waals surface area contributed by atoms with Crippen molar-refractivity contribution in [1.82, 2.24) is 0 Å². The molecule has 0 atom stereocenters. The molecule has 0 radical (unpaired) electrons. The van der Waals surface area contributed by atoms with E-state index in [1.54, 1.807) is 0 Å². The third-order valence-corrected chi connectivity index (χ3v) is 2.82. The van der Waals surface area contributed by atoms with Crippen LogP contribution < -0.4 is 0 Å². The standard InChI is InChI=1S/C15H17N/c1-11(2)10-16-12(3)15-8-13-6-4-5-7-14(13)9-15/h4-8H,1,9-10H2,2-3H3. The van der Waals surface area contributed by atoms with Crippen molar-refractivity contribution in [2.75, 3.05) is 6.54 Å². The molecule has 16 heavy (non-hydrogen) atoms. The van der Waals surface area contributed by atoms with Gasteiger partial charge in [0, 0.05) is 5.71 Å². The fourth-order valence-electron chi connectivity index (χ4n) is 1.87. The second-order valence-corrected chi connectivity index (χ2v) is 4.40. The summed E-state index contributed by atoms with van der Waals surface area (Å²) in [4.78, 5) is 4.54. The molecule has 1 aliphatic rings. The van der Waals surface area contributed by atoms with E-state index >= 15 is 0 Å². The van der Waals surface area contributed by atoms with Crippen molar-refractivity contribution in [1.29, 1.82) is 0 Å². The van der Waals surface area contributed by atoms with E-state index in [-0.39, 0.29) is 0 Å². The molecule has 0 saturated carbocycles. The molecule has 0 aromatic heterocycles. The summed E-state index contributed by atoms with van der Waals surface area (Å²) in [6.07, 6.45) is 3.26. The Kier molecular flexibility index (Phi) is 3.04. The van der Waals surface area contributed by atoms with Gasteiger partial charge in [0.05, 0.1) is 6.54 Å². The van der Waals surface area contributed by atoms with Crippen LogP contribution in [0.25, 0.3) is 6.08 Å². The lowest BCUT2D eigenvalue weighted by Gasteiger charge is -2.01. The molecule has 0 amide bonds. The molecule has 0 spiro atoms. The molecule has 1 aromatic carbocycles. The summed E-state index contributed by atoms with van der Waals surface area (Å²) in [6, 6.07) is 8.52. The van der Waals surface area contributed by atoms with Crippen molar-refractivity contribution < 1.29 is 0 Å². The van der Waals surface area contributed by atoms with Gasteiger partial charge in [-0.3, -0.25) is 4.99 Å². The molecule has 1 nitrogen and oxygen atoms in total. The van der Waals surface area contributed by atoms with Crippen LogP contribution in [-0.4, -0.2) is 12.3 Å². The van der Waals surface area contributed by atoms with E-state index < -0.39 is 0 Å². The molecular weight excluding hydrogens is 194 g/mol. The molecule has 1 aliphatic carbocycles. The Morgan fingerprint density at radius 3 is 2.75 bits per heavy atom. The molecule has 1 heteroatoms. The molecule has 82 valence electrons. The minimum Gasteiger partial charge on any atom is -0.285 e. The van der Waals surface area contributed by atoms with Crippen LogP contribution in [0.1, 0.15) is 25.0 Å². The first-order valence-corrected chi connectivity index (χ1v) is 5.61. The van der Waals surface area contributed by atoms with Gasteiger partial charge in [-0.05, 0) is 43.0 Å². The largest absolute Gasteiger partial charge is 0.285 e. The lowest BCUT2D eigenvalue weighted by molar-refractivity contribution is 1.13. The average molecular weight is 211 g/mol. The zero-order chi connectivity index (χ0) is 11.5. The van der Waals surface area contributed by atoms with Crippen molar-refractivity contribution in [3.05, 3.63) is 53.1 Å². The normalized spacial score (nSPS) is 14.6. The molecule has 0 aliphatic heterocycles. The molecule has 0 fully saturated rings. The monoisotopic (exact) mass is 211 g/mol. The summed E-state index contributed by atoms with van der Waals surface area (Å²) in [7, 11) is 0. The molecule has 2 rings (SSSR count). The molecule has 0 heterocycles. The smallest absolute Gasteiger partial charge is 0.0597 e. The number of hydrogen-bond acceptors (Lipinski definition) is 1. The molecule has 1 aromatic rings. The highest BCUT2D eigenvalue weighted by Crippen LogP contribution is 2.25. The zero-order valence-electron chi connectivity index (χ0n) is 9.96. The lowest BCUT2D eigenvalue weighted by Crippen LogP contribution is -1.99. The maximum Gasteiger partial charge on any atom is 0.0597 e. The Labute approximate surface area is 97.2 Å². The minimum atomic E-state index is 0.736. The molecule has 0 saturated heterocycles. The van der Waals surface area contributed by atoms with E-state index in [9.17, 15) is 0 Å². The summed E-state index contributed by atoms with van der Waals surface area (Å²) in [5, 5.41) is 0. The van der Waals surface area contributed by atoms with Crippen LogP contribution in [0.2, 0.25) is 0 Å². The third kappa shape index (κ3) is 2.30. The van der Waals surface area contributed by atoms with Gasteiger partial charge in [-0.2, -0.15) is 0 Å². The van der Waals surface area contributed by atoms with Gasteiger partial charge in [0.15, 0.2) is 0 Å². The highest BCUT2D eigenvalue weighted by Gasteiger charge is 2.13. The van der Waals surface area contributed by atoms with Crippen molar-refractivity contribution in [3.8, 4) is 0 Å². The SMILES string of the molecule is C=C(C)CN=C(C)C1=Cc2ccccc2C1. The van der Waals surface area contributed by atoms with Gasteiger partial charge < -0.3 is 0 Å². The van der Waals surface area contributed by atoms with Crippen LogP contribution in [0.3, 0.4) is 0 Å². The zero-order valence-corrected chi connectivity index (χ0v) is 9.96. The molecule has 0 unspecified atom stereocenters. The Hall–Kier alpha value is -1.63. The van der Waals surface area contributed by atoms with Gasteiger partial charge in [-0.25, -0.2) is 0 Å². The van der Waals surface area contributed by atoms with Crippen LogP contribution in [0.15, 0.2) is 47.0 Å². The van der Waals surface area contributed by atoms with Crippen LogP contribution in [0.4, 0.5) is 0 Å². The van der Waals surface area contributed by atoms with Gasteiger partial charge in [0.1, 0.15) is 0 Å². The molecular formula is C15H17N. The second-order valence-electron chi connectivity index (χ2n) is 4.40. The van der Waals surface area contributed by atoms with Crippen molar-refractivity contribution in [2.45, 2.75) is 20.3 Å². The third-order valence-electron chi connectivity index (χ3n) is 2.82. The number of rotatable bonds is 3. The first-order chi connectivity index (χ1) is 7.66.